The fraction of sp³-hybridized carbons (Fsp3) is 0.364. The van der Waals surface area contributed by atoms with Crippen molar-refractivity contribution in [2.75, 3.05) is 5.32 Å². The Balaban J connectivity index is 3.04. The van der Waals surface area contributed by atoms with Crippen molar-refractivity contribution in [3.63, 3.8) is 0 Å². The Morgan fingerprint density at radius 2 is 2.20 bits per heavy atom. The normalized spacial score (nSPS) is 10.5. The summed E-state index contributed by atoms with van der Waals surface area (Å²) in [5.41, 5.74) is 0.00494. The Hall–Kier alpha value is -1.89. The Morgan fingerprint density at radius 1 is 1.53 bits per heavy atom. The number of hydrogen-bond donors (Lipinski definition) is 1. The number of nitrogens with one attached hydrogen (secondary N) is 1. The second kappa shape index (κ2) is 4.09. The summed E-state index contributed by atoms with van der Waals surface area (Å²) in [7, 11) is 0. The molecule has 4 nitrogen and oxygen atoms in total. The number of nitrogens with zero attached hydrogens (tertiary/aromatic N) is 2. The highest BCUT2D eigenvalue weighted by Crippen LogP contribution is 2.21. The van der Waals surface area contributed by atoms with Crippen molar-refractivity contribution in [3.05, 3.63) is 23.9 Å². The molecule has 78 valence electrons. The number of nitriles is 1. The van der Waals surface area contributed by atoms with E-state index in [1.54, 1.807) is 32.0 Å². The molecular weight excluding hydrogens is 190 g/mol. The van der Waals surface area contributed by atoms with E-state index in [1.165, 1.54) is 6.92 Å². The Kier molecular flexibility index (Phi) is 3.05. The highest BCUT2D eigenvalue weighted by atomic mass is 16.1. The fourth-order valence-corrected chi connectivity index (χ4v) is 1.09. The Morgan fingerprint density at radius 3 is 2.73 bits per heavy atom. The molecular formula is C11H13N3O. The van der Waals surface area contributed by atoms with Crippen LogP contribution in [0, 0.1) is 11.3 Å². The molecule has 0 aliphatic heterocycles. The molecule has 0 aliphatic carbocycles. The van der Waals surface area contributed by atoms with Crippen LogP contribution < -0.4 is 5.32 Å². The number of carbonyl (C=O) groups is 1. The summed E-state index contributed by atoms with van der Waals surface area (Å²) in [5.74, 6) is 0.303. The summed E-state index contributed by atoms with van der Waals surface area (Å²) in [4.78, 5) is 15.0. The van der Waals surface area contributed by atoms with Gasteiger partial charge in [-0.15, -0.1) is 0 Å². The van der Waals surface area contributed by atoms with Gasteiger partial charge in [-0.1, -0.05) is 6.07 Å². The largest absolute Gasteiger partial charge is 0.311 e. The third kappa shape index (κ3) is 2.78. The van der Waals surface area contributed by atoms with Gasteiger partial charge >= 0.3 is 0 Å². The number of amides is 1. The van der Waals surface area contributed by atoms with Crippen molar-refractivity contribution >= 4 is 11.7 Å². The molecule has 0 radical (unpaired) electrons. The molecule has 0 aromatic carbocycles. The van der Waals surface area contributed by atoms with Crippen molar-refractivity contribution < 1.29 is 4.79 Å². The Bertz CT molecular complexity index is 418. The molecule has 1 N–H and O–H groups in total. The summed E-state index contributed by atoms with van der Waals surface area (Å²) in [5, 5.41) is 11.5. The van der Waals surface area contributed by atoms with Crippen LogP contribution in [0.4, 0.5) is 5.82 Å². The van der Waals surface area contributed by atoms with Crippen LogP contribution >= 0.6 is 0 Å². The van der Waals surface area contributed by atoms with Crippen LogP contribution in [0.2, 0.25) is 0 Å². The molecule has 15 heavy (non-hydrogen) atoms. The average molecular weight is 203 g/mol. The van der Waals surface area contributed by atoms with Gasteiger partial charge < -0.3 is 5.32 Å². The second-order valence-corrected chi connectivity index (χ2v) is 3.83. The SMILES string of the molecule is CC(=O)Nc1cccc(C(C)(C)C#N)n1. The summed E-state index contributed by atoms with van der Waals surface area (Å²) >= 11 is 0. The minimum atomic E-state index is -0.644. The molecule has 1 amide bonds. The summed E-state index contributed by atoms with van der Waals surface area (Å²) < 4.78 is 0. The maximum atomic E-state index is 10.8. The van der Waals surface area contributed by atoms with Crippen LogP contribution in [-0.4, -0.2) is 10.9 Å². The molecule has 0 fully saturated rings. The van der Waals surface area contributed by atoms with Gasteiger partial charge in [0.1, 0.15) is 5.82 Å². The summed E-state index contributed by atoms with van der Waals surface area (Å²) in [6.45, 7) is 4.99. The summed E-state index contributed by atoms with van der Waals surface area (Å²) in [6.07, 6.45) is 0. The molecule has 0 spiro atoms. The van der Waals surface area contributed by atoms with Crippen molar-refractivity contribution in [3.8, 4) is 6.07 Å². The molecule has 4 heteroatoms. The molecule has 1 aromatic heterocycles. The first kappa shape index (κ1) is 11.2. The van der Waals surface area contributed by atoms with Gasteiger partial charge in [0.2, 0.25) is 5.91 Å². The predicted molar refractivity (Wildman–Crippen MR) is 57.2 cm³/mol. The van der Waals surface area contributed by atoms with E-state index in [1.807, 2.05) is 0 Å². The van der Waals surface area contributed by atoms with Crippen molar-refractivity contribution in [2.45, 2.75) is 26.2 Å². The molecule has 0 bridgehead atoms. The van der Waals surface area contributed by atoms with Crippen LogP contribution in [0.3, 0.4) is 0 Å². The van der Waals surface area contributed by atoms with Gasteiger partial charge in [0.05, 0.1) is 17.2 Å². The van der Waals surface area contributed by atoms with E-state index in [0.717, 1.165) is 0 Å². The van der Waals surface area contributed by atoms with E-state index in [2.05, 4.69) is 16.4 Å². The third-order valence-electron chi connectivity index (χ3n) is 1.97. The number of carbonyl (C=O) groups excluding carboxylic acids is 1. The van der Waals surface area contributed by atoms with Crippen molar-refractivity contribution in [2.24, 2.45) is 0 Å². The zero-order valence-electron chi connectivity index (χ0n) is 9.03. The average Bonchev–Trinajstić information content (AvgIpc) is 2.17. The first-order valence-corrected chi connectivity index (χ1v) is 4.62. The zero-order chi connectivity index (χ0) is 11.5. The van der Waals surface area contributed by atoms with E-state index in [9.17, 15) is 4.79 Å². The number of rotatable bonds is 2. The smallest absolute Gasteiger partial charge is 0.222 e. The van der Waals surface area contributed by atoms with Gasteiger partial charge in [0, 0.05) is 6.92 Å². The van der Waals surface area contributed by atoms with E-state index >= 15 is 0 Å². The van der Waals surface area contributed by atoms with Gasteiger partial charge in [-0.3, -0.25) is 4.79 Å². The lowest BCUT2D eigenvalue weighted by Crippen LogP contribution is -2.17. The first-order valence-electron chi connectivity index (χ1n) is 4.62. The predicted octanol–water partition coefficient (Wildman–Crippen LogP) is 1.84. The number of pyridine rings is 1. The topological polar surface area (TPSA) is 65.8 Å². The van der Waals surface area contributed by atoms with E-state index in [4.69, 9.17) is 5.26 Å². The number of aromatic nitrogens is 1. The van der Waals surface area contributed by atoms with Crippen LogP contribution in [0.15, 0.2) is 18.2 Å². The minimum Gasteiger partial charge on any atom is -0.311 e. The lowest BCUT2D eigenvalue weighted by molar-refractivity contribution is -0.114. The molecule has 0 atom stereocenters. The Labute approximate surface area is 88.9 Å². The van der Waals surface area contributed by atoms with Gasteiger partial charge in [-0.25, -0.2) is 4.98 Å². The molecule has 0 unspecified atom stereocenters. The van der Waals surface area contributed by atoms with E-state index in [-0.39, 0.29) is 5.91 Å². The lowest BCUT2D eigenvalue weighted by atomic mass is 9.91. The molecule has 0 aliphatic rings. The number of anilines is 1. The van der Waals surface area contributed by atoms with Gasteiger partial charge in [-0.2, -0.15) is 5.26 Å². The fourth-order valence-electron chi connectivity index (χ4n) is 1.09. The van der Waals surface area contributed by atoms with Gasteiger partial charge in [-0.05, 0) is 26.0 Å². The molecule has 1 rings (SSSR count). The van der Waals surface area contributed by atoms with Gasteiger partial charge in [0.15, 0.2) is 0 Å². The third-order valence-corrected chi connectivity index (χ3v) is 1.97. The van der Waals surface area contributed by atoms with Crippen LogP contribution in [0.5, 0.6) is 0 Å². The highest BCUT2D eigenvalue weighted by molar-refractivity contribution is 5.87. The van der Waals surface area contributed by atoms with Crippen LogP contribution in [0.1, 0.15) is 26.5 Å². The van der Waals surface area contributed by atoms with Crippen molar-refractivity contribution in [1.29, 1.82) is 5.26 Å². The lowest BCUT2D eigenvalue weighted by Gasteiger charge is -2.15. The molecule has 0 saturated heterocycles. The zero-order valence-corrected chi connectivity index (χ0v) is 9.03. The van der Waals surface area contributed by atoms with E-state index in [0.29, 0.717) is 11.5 Å². The van der Waals surface area contributed by atoms with Crippen LogP contribution in [-0.2, 0) is 10.2 Å². The number of hydrogen-bond acceptors (Lipinski definition) is 3. The molecule has 0 saturated carbocycles. The maximum absolute atomic E-state index is 10.8. The maximum Gasteiger partial charge on any atom is 0.222 e. The first-order chi connectivity index (χ1) is 6.95. The standard InChI is InChI=1S/C11H13N3O/c1-8(15)13-10-6-4-5-9(14-10)11(2,3)7-12/h4-6H,1-3H3,(H,13,14,15). The van der Waals surface area contributed by atoms with Crippen molar-refractivity contribution in [1.82, 2.24) is 4.98 Å². The summed E-state index contributed by atoms with van der Waals surface area (Å²) in [6, 6.07) is 7.40. The monoisotopic (exact) mass is 203 g/mol. The highest BCUT2D eigenvalue weighted by Gasteiger charge is 2.21. The second-order valence-electron chi connectivity index (χ2n) is 3.83. The van der Waals surface area contributed by atoms with Crippen LogP contribution in [0.25, 0.3) is 0 Å². The molecule has 1 heterocycles. The van der Waals surface area contributed by atoms with Gasteiger partial charge in [0.25, 0.3) is 0 Å². The quantitative estimate of drug-likeness (QED) is 0.797. The van der Waals surface area contributed by atoms with E-state index < -0.39 is 5.41 Å². The minimum absolute atomic E-state index is 0.172. The molecule has 1 aromatic rings.